The molecule has 0 aromatic rings. The lowest BCUT2D eigenvalue weighted by molar-refractivity contribution is -0.131. The minimum atomic E-state index is 0.223. The molecule has 1 saturated heterocycles. The summed E-state index contributed by atoms with van der Waals surface area (Å²) < 4.78 is 5.67. The maximum Gasteiger partial charge on any atom is 0.141 e. The van der Waals surface area contributed by atoms with Crippen molar-refractivity contribution >= 4 is 5.78 Å². The van der Waals surface area contributed by atoms with E-state index in [9.17, 15) is 4.79 Å². The number of carbonyl (C=O) groups excluding carboxylic acids is 1. The van der Waals surface area contributed by atoms with Crippen molar-refractivity contribution in [2.45, 2.75) is 38.9 Å². The van der Waals surface area contributed by atoms with Crippen LogP contribution in [0.4, 0.5) is 0 Å². The van der Waals surface area contributed by atoms with E-state index in [-0.39, 0.29) is 18.1 Å². The molecular formula is C9H14O2. The summed E-state index contributed by atoms with van der Waals surface area (Å²) in [6.07, 6.45) is 2.15. The zero-order chi connectivity index (χ0) is 8.01. The fourth-order valence-electron chi connectivity index (χ4n) is 2.23. The second-order valence-electron chi connectivity index (χ2n) is 3.98. The Morgan fingerprint density at radius 1 is 1.55 bits per heavy atom. The van der Waals surface area contributed by atoms with Crippen molar-refractivity contribution in [1.82, 2.24) is 0 Å². The predicted molar refractivity (Wildman–Crippen MR) is 41.2 cm³/mol. The van der Waals surface area contributed by atoms with Crippen LogP contribution in [-0.4, -0.2) is 18.0 Å². The molecule has 3 atom stereocenters. The van der Waals surface area contributed by atoms with Gasteiger partial charge >= 0.3 is 0 Å². The van der Waals surface area contributed by atoms with Crippen molar-refractivity contribution in [3.05, 3.63) is 0 Å². The third-order valence-corrected chi connectivity index (χ3v) is 2.76. The first-order valence-corrected chi connectivity index (χ1v) is 4.36. The molecule has 2 fully saturated rings. The van der Waals surface area contributed by atoms with E-state index in [1.165, 1.54) is 0 Å². The summed E-state index contributed by atoms with van der Waals surface area (Å²) in [6, 6.07) is 0. The van der Waals surface area contributed by atoms with E-state index in [1.807, 2.05) is 0 Å². The number of fused-ring (bicyclic) bond motifs is 2. The van der Waals surface area contributed by atoms with E-state index in [2.05, 4.69) is 13.8 Å². The van der Waals surface area contributed by atoms with Gasteiger partial charge in [-0.15, -0.1) is 0 Å². The third-order valence-electron chi connectivity index (χ3n) is 2.76. The average molecular weight is 154 g/mol. The molecule has 0 radical (unpaired) electrons. The third kappa shape index (κ3) is 1.00. The van der Waals surface area contributed by atoms with Crippen LogP contribution in [0.3, 0.4) is 0 Å². The summed E-state index contributed by atoms with van der Waals surface area (Å²) in [7, 11) is 0. The quantitative estimate of drug-likeness (QED) is 0.570. The fourth-order valence-corrected chi connectivity index (χ4v) is 2.23. The zero-order valence-electron chi connectivity index (χ0n) is 7.04. The van der Waals surface area contributed by atoms with E-state index in [1.54, 1.807) is 0 Å². The summed E-state index contributed by atoms with van der Waals surface area (Å²) in [4.78, 5) is 11.3. The minimum absolute atomic E-state index is 0.223. The molecule has 3 unspecified atom stereocenters. The van der Waals surface area contributed by atoms with Gasteiger partial charge < -0.3 is 4.74 Å². The Labute approximate surface area is 66.9 Å². The largest absolute Gasteiger partial charge is 0.373 e. The monoisotopic (exact) mass is 154 g/mol. The van der Waals surface area contributed by atoms with Gasteiger partial charge in [0.1, 0.15) is 5.78 Å². The van der Waals surface area contributed by atoms with Gasteiger partial charge in [-0.25, -0.2) is 0 Å². The second-order valence-corrected chi connectivity index (χ2v) is 3.98. The average Bonchev–Trinajstić information content (AvgIpc) is 2.43. The fraction of sp³-hybridized carbons (Fsp3) is 0.889. The lowest BCUT2D eigenvalue weighted by Gasteiger charge is -2.24. The topological polar surface area (TPSA) is 26.3 Å². The van der Waals surface area contributed by atoms with Crippen LogP contribution in [0.15, 0.2) is 0 Å². The van der Waals surface area contributed by atoms with Crippen LogP contribution < -0.4 is 0 Å². The maximum atomic E-state index is 11.3. The number of Topliss-reactive ketones (excluding diaryl/α,β-unsaturated/α-hetero) is 1. The first-order valence-electron chi connectivity index (χ1n) is 4.36. The predicted octanol–water partition coefficient (Wildman–Crippen LogP) is 1.39. The summed E-state index contributed by atoms with van der Waals surface area (Å²) in [5, 5.41) is 0. The number of ketones is 1. The van der Waals surface area contributed by atoms with E-state index >= 15 is 0 Å². The molecule has 0 aromatic heterocycles. The number of ether oxygens (including phenoxy) is 1. The van der Waals surface area contributed by atoms with Crippen molar-refractivity contribution in [2.24, 2.45) is 11.8 Å². The molecule has 1 aliphatic carbocycles. The van der Waals surface area contributed by atoms with Crippen molar-refractivity contribution in [3.8, 4) is 0 Å². The zero-order valence-corrected chi connectivity index (χ0v) is 7.04. The molecule has 1 heterocycles. The highest BCUT2D eigenvalue weighted by Crippen LogP contribution is 2.40. The molecule has 2 rings (SSSR count). The SMILES string of the molecule is CC(C)C1OC2CC(=O)C1C2. The highest BCUT2D eigenvalue weighted by Gasteiger charge is 2.47. The van der Waals surface area contributed by atoms with Crippen LogP contribution in [0.5, 0.6) is 0 Å². The number of rotatable bonds is 1. The summed E-state index contributed by atoms with van der Waals surface area (Å²) >= 11 is 0. The Balaban J connectivity index is 2.12. The van der Waals surface area contributed by atoms with Gasteiger partial charge in [0.05, 0.1) is 12.2 Å². The molecule has 0 spiro atoms. The molecule has 0 aromatic carbocycles. The van der Waals surface area contributed by atoms with Crippen molar-refractivity contribution in [1.29, 1.82) is 0 Å². The van der Waals surface area contributed by atoms with E-state index in [0.29, 0.717) is 18.1 Å². The van der Waals surface area contributed by atoms with Gasteiger partial charge in [0, 0.05) is 12.3 Å². The van der Waals surface area contributed by atoms with Crippen LogP contribution in [0.2, 0.25) is 0 Å². The van der Waals surface area contributed by atoms with Gasteiger partial charge in [-0.2, -0.15) is 0 Å². The Hall–Kier alpha value is -0.370. The number of carbonyl (C=O) groups is 1. The van der Waals surface area contributed by atoms with Crippen LogP contribution in [0.25, 0.3) is 0 Å². The highest BCUT2D eigenvalue weighted by atomic mass is 16.5. The molecular weight excluding hydrogens is 140 g/mol. The van der Waals surface area contributed by atoms with Crippen LogP contribution in [0, 0.1) is 11.8 Å². The Morgan fingerprint density at radius 2 is 2.27 bits per heavy atom. The number of hydrogen-bond donors (Lipinski definition) is 0. The van der Waals surface area contributed by atoms with Gasteiger partial charge in [-0.3, -0.25) is 4.79 Å². The second kappa shape index (κ2) is 2.31. The summed E-state index contributed by atoms with van der Waals surface area (Å²) in [5.41, 5.74) is 0. The molecule has 2 bridgehead atoms. The van der Waals surface area contributed by atoms with E-state index in [4.69, 9.17) is 4.74 Å². The van der Waals surface area contributed by atoms with Crippen molar-refractivity contribution in [3.63, 3.8) is 0 Å². The molecule has 62 valence electrons. The molecule has 0 amide bonds. The van der Waals surface area contributed by atoms with Crippen molar-refractivity contribution in [2.75, 3.05) is 0 Å². The highest BCUT2D eigenvalue weighted by molar-refractivity contribution is 5.85. The standard InChI is InChI=1S/C9H14O2/c1-5(2)9-7-3-6(11-9)4-8(7)10/h5-7,9H,3-4H2,1-2H3. The smallest absolute Gasteiger partial charge is 0.141 e. The summed E-state index contributed by atoms with van der Waals surface area (Å²) in [6.45, 7) is 4.25. The molecule has 2 aliphatic rings. The minimum Gasteiger partial charge on any atom is -0.373 e. The van der Waals surface area contributed by atoms with E-state index in [0.717, 1.165) is 6.42 Å². The van der Waals surface area contributed by atoms with Gasteiger partial charge in [-0.05, 0) is 12.3 Å². The van der Waals surface area contributed by atoms with Crippen LogP contribution >= 0.6 is 0 Å². The molecule has 11 heavy (non-hydrogen) atoms. The molecule has 2 heteroatoms. The summed E-state index contributed by atoms with van der Waals surface area (Å²) in [5.74, 6) is 1.16. The van der Waals surface area contributed by atoms with Crippen LogP contribution in [0.1, 0.15) is 26.7 Å². The number of hydrogen-bond acceptors (Lipinski definition) is 2. The van der Waals surface area contributed by atoms with Crippen LogP contribution in [-0.2, 0) is 9.53 Å². The first kappa shape index (κ1) is 7.29. The molecule has 2 nitrogen and oxygen atoms in total. The molecule has 1 aliphatic heterocycles. The molecule has 1 saturated carbocycles. The normalized spacial score (nSPS) is 42.5. The van der Waals surface area contributed by atoms with E-state index < -0.39 is 0 Å². The lowest BCUT2D eigenvalue weighted by Crippen LogP contribution is -2.32. The first-order chi connectivity index (χ1) is 5.18. The van der Waals surface area contributed by atoms with Gasteiger partial charge in [0.15, 0.2) is 0 Å². The Morgan fingerprint density at radius 3 is 2.64 bits per heavy atom. The van der Waals surface area contributed by atoms with Gasteiger partial charge in [-0.1, -0.05) is 13.8 Å². The lowest BCUT2D eigenvalue weighted by atomic mass is 9.92. The van der Waals surface area contributed by atoms with Gasteiger partial charge in [0.2, 0.25) is 0 Å². The van der Waals surface area contributed by atoms with Crippen molar-refractivity contribution < 1.29 is 9.53 Å². The maximum absolute atomic E-state index is 11.3. The Kier molecular flexibility index (Phi) is 1.53. The van der Waals surface area contributed by atoms with Gasteiger partial charge in [0.25, 0.3) is 0 Å². The molecule has 0 N–H and O–H groups in total. The Bertz CT molecular complexity index is 186.